The van der Waals surface area contributed by atoms with Crippen molar-refractivity contribution in [3.63, 3.8) is 0 Å². The Kier molecular flexibility index (Phi) is 3.79. The third-order valence-electron chi connectivity index (χ3n) is 2.52. The number of benzene rings is 2. The summed E-state index contributed by atoms with van der Waals surface area (Å²) in [6.07, 6.45) is 0. The molecule has 0 heterocycles. The van der Waals surface area contributed by atoms with Crippen LogP contribution in [0.3, 0.4) is 0 Å². The van der Waals surface area contributed by atoms with Crippen LogP contribution < -0.4 is 5.32 Å². The van der Waals surface area contributed by atoms with E-state index in [1.807, 2.05) is 6.07 Å². The Morgan fingerprint density at radius 3 is 2.47 bits per heavy atom. The van der Waals surface area contributed by atoms with Gasteiger partial charge in [-0.25, -0.2) is 4.39 Å². The molecule has 0 amide bonds. The van der Waals surface area contributed by atoms with Crippen LogP contribution >= 0.6 is 15.9 Å². The molecule has 0 unspecified atom stereocenters. The van der Waals surface area contributed by atoms with Crippen LogP contribution in [0.4, 0.5) is 10.1 Å². The summed E-state index contributed by atoms with van der Waals surface area (Å²) in [5.74, 6) is -0.203. The summed E-state index contributed by atoms with van der Waals surface area (Å²) >= 11 is 3.51. The van der Waals surface area contributed by atoms with Crippen molar-refractivity contribution in [1.82, 2.24) is 0 Å². The van der Waals surface area contributed by atoms with Crippen LogP contribution in [-0.4, -0.2) is 0 Å². The van der Waals surface area contributed by atoms with Crippen molar-refractivity contribution in [3.05, 3.63) is 63.9 Å². The molecule has 0 aliphatic rings. The SMILES string of the molecule is Cc1ccc(NCc2ccc(F)cc2)c(Br)c1. The maximum Gasteiger partial charge on any atom is 0.123 e. The topological polar surface area (TPSA) is 12.0 Å². The Morgan fingerprint density at radius 2 is 1.82 bits per heavy atom. The number of aryl methyl sites for hydroxylation is 1. The fourth-order valence-electron chi connectivity index (χ4n) is 1.56. The zero-order valence-electron chi connectivity index (χ0n) is 9.50. The summed E-state index contributed by atoms with van der Waals surface area (Å²) in [4.78, 5) is 0. The van der Waals surface area contributed by atoms with Crippen LogP contribution in [0.1, 0.15) is 11.1 Å². The molecule has 0 fully saturated rings. The standard InChI is InChI=1S/C14H13BrFN/c1-10-2-7-14(13(15)8-10)17-9-11-3-5-12(16)6-4-11/h2-8,17H,9H2,1H3. The van der Waals surface area contributed by atoms with Crippen LogP contribution in [0.5, 0.6) is 0 Å². The van der Waals surface area contributed by atoms with Gasteiger partial charge in [0.25, 0.3) is 0 Å². The molecule has 2 aromatic rings. The average molecular weight is 294 g/mol. The molecule has 2 rings (SSSR count). The fraction of sp³-hybridized carbons (Fsp3) is 0.143. The predicted octanol–water partition coefficient (Wildman–Crippen LogP) is 4.51. The minimum atomic E-state index is -0.203. The lowest BCUT2D eigenvalue weighted by molar-refractivity contribution is 0.627. The van der Waals surface area contributed by atoms with E-state index in [-0.39, 0.29) is 5.82 Å². The number of rotatable bonds is 3. The molecule has 0 radical (unpaired) electrons. The monoisotopic (exact) mass is 293 g/mol. The van der Waals surface area contributed by atoms with Crippen LogP contribution in [0, 0.1) is 12.7 Å². The van der Waals surface area contributed by atoms with Gasteiger partial charge in [0.2, 0.25) is 0 Å². The maximum atomic E-state index is 12.7. The highest BCUT2D eigenvalue weighted by Crippen LogP contribution is 2.23. The summed E-state index contributed by atoms with van der Waals surface area (Å²) in [5.41, 5.74) is 3.31. The summed E-state index contributed by atoms with van der Waals surface area (Å²) < 4.78 is 13.8. The van der Waals surface area contributed by atoms with Gasteiger partial charge in [0, 0.05) is 16.7 Å². The smallest absolute Gasteiger partial charge is 0.123 e. The van der Waals surface area contributed by atoms with E-state index in [1.54, 1.807) is 12.1 Å². The van der Waals surface area contributed by atoms with E-state index >= 15 is 0 Å². The lowest BCUT2D eigenvalue weighted by Gasteiger charge is -2.09. The Labute approximate surface area is 109 Å². The van der Waals surface area contributed by atoms with Crippen LogP contribution in [0.15, 0.2) is 46.9 Å². The molecule has 0 spiro atoms. The Hall–Kier alpha value is -1.35. The number of hydrogen-bond donors (Lipinski definition) is 1. The van der Waals surface area contributed by atoms with E-state index in [2.05, 4.69) is 40.3 Å². The minimum Gasteiger partial charge on any atom is -0.380 e. The molecule has 0 bridgehead atoms. The number of hydrogen-bond acceptors (Lipinski definition) is 1. The molecule has 0 aliphatic carbocycles. The first kappa shape index (κ1) is 12.1. The van der Waals surface area contributed by atoms with Crippen molar-refractivity contribution in [2.24, 2.45) is 0 Å². The second-order valence-electron chi connectivity index (χ2n) is 3.96. The van der Waals surface area contributed by atoms with E-state index in [0.717, 1.165) is 15.7 Å². The molecule has 2 aromatic carbocycles. The van der Waals surface area contributed by atoms with Gasteiger partial charge in [-0.3, -0.25) is 0 Å². The molecular formula is C14H13BrFN. The maximum absolute atomic E-state index is 12.7. The van der Waals surface area contributed by atoms with Gasteiger partial charge in [-0.1, -0.05) is 18.2 Å². The van der Waals surface area contributed by atoms with Gasteiger partial charge in [-0.05, 0) is 58.2 Å². The van der Waals surface area contributed by atoms with Crippen molar-refractivity contribution in [2.75, 3.05) is 5.32 Å². The van der Waals surface area contributed by atoms with E-state index in [0.29, 0.717) is 6.54 Å². The van der Waals surface area contributed by atoms with Crippen molar-refractivity contribution < 1.29 is 4.39 Å². The van der Waals surface area contributed by atoms with E-state index in [1.165, 1.54) is 17.7 Å². The summed E-state index contributed by atoms with van der Waals surface area (Å²) in [7, 11) is 0. The third kappa shape index (κ3) is 3.30. The second-order valence-corrected chi connectivity index (χ2v) is 4.82. The lowest BCUT2D eigenvalue weighted by Crippen LogP contribution is -2.00. The molecule has 0 saturated heterocycles. The third-order valence-corrected chi connectivity index (χ3v) is 3.18. The van der Waals surface area contributed by atoms with Crippen molar-refractivity contribution >= 4 is 21.6 Å². The van der Waals surface area contributed by atoms with Crippen molar-refractivity contribution in [1.29, 1.82) is 0 Å². The number of anilines is 1. The molecule has 1 nitrogen and oxygen atoms in total. The largest absolute Gasteiger partial charge is 0.380 e. The Balaban J connectivity index is 2.04. The van der Waals surface area contributed by atoms with E-state index in [9.17, 15) is 4.39 Å². The highest BCUT2D eigenvalue weighted by atomic mass is 79.9. The summed E-state index contributed by atoms with van der Waals surface area (Å²) in [6, 6.07) is 12.7. The van der Waals surface area contributed by atoms with Crippen LogP contribution in [-0.2, 0) is 6.54 Å². The first-order valence-electron chi connectivity index (χ1n) is 5.39. The van der Waals surface area contributed by atoms with Gasteiger partial charge >= 0.3 is 0 Å². The molecule has 88 valence electrons. The molecule has 17 heavy (non-hydrogen) atoms. The van der Waals surface area contributed by atoms with E-state index in [4.69, 9.17) is 0 Å². The molecule has 0 atom stereocenters. The molecule has 0 saturated carbocycles. The van der Waals surface area contributed by atoms with E-state index < -0.39 is 0 Å². The fourth-order valence-corrected chi connectivity index (χ4v) is 2.20. The second kappa shape index (κ2) is 5.32. The Bertz CT molecular complexity index is 508. The van der Waals surface area contributed by atoms with Gasteiger partial charge in [0.1, 0.15) is 5.82 Å². The first-order valence-corrected chi connectivity index (χ1v) is 6.19. The first-order chi connectivity index (χ1) is 8.15. The summed E-state index contributed by atoms with van der Waals surface area (Å²) in [5, 5.41) is 3.31. The van der Waals surface area contributed by atoms with Crippen molar-refractivity contribution in [3.8, 4) is 0 Å². The normalized spacial score (nSPS) is 10.3. The molecule has 0 aromatic heterocycles. The van der Waals surface area contributed by atoms with Gasteiger partial charge in [0.05, 0.1) is 0 Å². The highest BCUT2D eigenvalue weighted by Gasteiger charge is 1.99. The van der Waals surface area contributed by atoms with Gasteiger partial charge in [-0.2, -0.15) is 0 Å². The van der Waals surface area contributed by atoms with Crippen molar-refractivity contribution in [2.45, 2.75) is 13.5 Å². The number of halogens is 2. The molecular weight excluding hydrogens is 281 g/mol. The van der Waals surface area contributed by atoms with Crippen LogP contribution in [0.2, 0.25) is 0 Å². The van der Waals surface area contributed by atoms with Gasteiger partial charge < -0.3 is 5.32 Å². The van der Waals surface area contributed by atoms with Gasteiger partial charge in [-0.15, -0.1) is 0 Å². The predicted molar refractivity (Wildman–Crippen MR) is 72.6 cm³/mol. The number of nitrogens with one attached hydrogen (secondary N) is 1. The van der Waals surface area contributed by atoms with Gasteiger partial charge in [0.15, 0.2) is 0 Å². The van der Waals surface area contributed by atoms with Crippen LogP contribution in [0.25, 0.3) is 0 Å². The minimum absolute atomic E-state index is 0.203. The molecule has 3 heteroatoms. The zero-order valence-corrected chi connectivity index (χ0v) is 11.1. The molecule has 0 aliphatic heterocycles. The summed E-state index contributed by atoms with van der Waals surface area (Å²) in [6.45, 7) is 2.73. The lowest BCUT2D eigenvalue weighted by atomic mass is 10.2. The Morgan fingerprint density at radius 1 is 1.12 bits per heavy atom. The average Bonchev–Trinajstić information content (AvgIpc) is 2.30. The zero-order chi connectivity index (χ0) is 12.3. The quantitative estimate of drug-likeness (QED) is 0.878. The highest BCUT2D eigenvalue weighted by molar-refractivity contribution is 9.10. The molecule has 1 N–H and O–H groups in total.